The second-order valence-corrected chi connectivity index (χ2v) is 10.5. The summed E-state index contributed by atoms with van der Waals surface area (Å²) in [6.45, 7) is 6.46. The normalized spacial score (nSPS) is 13.3. The summed E-state index contributed by atoms with van der Waals surface area (Å²) in [5.41, 5.74) is 2.46. The molecule has 1 heterocycles. The third-order valence-electron chi connectivity index (χ3n) is 5.79. The van der Waals surface area contributed by atoms with Crippen molar-refractivity contribution in [1.29, 1.82) is 0 Å². The van der Waals surface area contributed by atoms with E-state index in [4.69, 9.17) is 9.47 Å². The van der Waals surface area contributed by atoms with E-state index in [1.54, 1.807) is 30.0 Å². The zero-order valence-electron chi connectivity index (χ0n) is 20.6. The van der Waals surface area contributed by atoms with E-state index in [1.165, 1.54) is 4.31 Å². The SMILES string of the molecule is CCNC(=O)C(C)N(Cc1ccc(C)cc1)C(=O)CCCN(c1ccc2c(c1)OCO2)S(C)(=O)=O. The first kappa shape index (κ1) is 26.3. The fraction of sp³-hybridized carbons (Fsp3) is 0.440. The highest BCUT2D eigenvalue weighted by Gasteiger charge is 2.27. The Morgan fingerprint density at radius 3 is 2.43 bits per heavy atom. The van der Waals surface area contributed by atoms with E-state index in [1.807, 2.05) is 38.1 Å². The second-order valence-electron chi connectivity index (χ2n) is 8.55. The van der Waals surface area contributed by atoms with Gasteiger partial charge in [-0.25, -0.2) is 8.42 Å². The Morgan fingerprint density at radius 1 is 1.09 bits per heavy atom. The lowest BCUT2D eigenvalue weighted by Gasteiger charge is -2.29. The zero-order valence-corrected chi connectivity index (χ0v) is 21.4. The lowest BCUT2D eigenvalue weighted by molar-refractivity contribution is -0.140. The van der Waals surface area contributed by atoms with Crippen LogP contribution in [0.2, 0.25) is 0 Å². The first-order valence-corrected chi connectivity index (χ1v) is 13.4. The predicted octanol–water partition coefficient (Wildman–Crippen LogP) is 2.82. The van der Waals surface area contributed by atoms with Gasteiger partial charge in [-0.3, -0.25) is 13.9 Å². The van der Waals surface area contributed by atoms with Crippen LogP contribution in [0.3, 0.4) is 0 Å². The van der Waals surface area contributed by atoms with Gasteiger partial charge in [0.2, 0.25) is 28.6 Å². The highest BCUT2D eigenvalue weighted by Crippen LogP contribution is 2.36. The van der Waals surface area contributed by atoms with Gasteiger partial charge in [0, 0.05) is 32.1 Å². The summed E-state index contributed by atoms with van der Waals surface area (Å²) in [4.78, 5) is 27.3. The van der Waals surface area contributed by atoms with Crippen molar-refractivity contribution in [2.24, 2.45) is 0 Å². The molecule has 1 aliphatic rings. The number of hydrogen-bond acceptors (Lipinski definition) is 6. The van der Waals surface area contributed by atoms with Gasteiger partial charge in [-0.15, -0.1) is 0 Å². The summed E-state index contributed by atoms with van der Waals surface area (Å²) < 4.78 is 36.9. The summed E-state index contributed by atoms with van der Waals surface area (Å²) in [6, 6.07) is 12.1. The standard InChI is InChI=1S/C25H33N3O6S/c1-5-26-25(30)19(3)27(16-20-10-8-18(2)9-11-20)24(29)7-6-14-28(35(4,31)32)21-12-13-22-23(15-21)34-17-33-22/h8-13,15,19H,5-7,14,16-17H2,1-4H3,(H,26,30). The number of carbonyl (C=O) groups is 2. The van der Waals surface area contributed by atoms with Crippen LogP contribution in [0.4, 0.5) is 5.69 Å². The molecule has 1 unspecified atom stereocenters. The van der Waals surface area contributed by atoms with E-state index in [2.05, 4.69) is 5.32 Å². The van der Waals surface area contributed by atoms with Crippen molar-refractivity contribution in [1.82, 2.24) is 10.2 Å². The number of sulfonamides is 1. The highest BCUT2D eigenvalue weighted by molar-refractivity contribution is 7.92. The van der Waals surface area contributed by atoms with Crippen LogP contribution in [0.25, 0.3) is 0 Å². The number of ether oxygens (including phenoxy) is 2. The van der Waals surface area contributed by atoms with Crippen molar-refractivity contribution >= 4 is 27.5 Å². The van der Waals surface area contributed by atoms with Gasteiger partial charge in [0.25, 0.3) is 0 Å². The van der Waals surface area contributed by atoms with Crippen LogP contribution in [-0.4, -0.2) is 57.3 Å². The van der Waals surface area contributed by atoms with Crippen LogP contribution in [-0.2, 0) is 26.2 Å². The molecule has 2 amide bonds. The molecule has 0 aliphatic carbocycles. The molecule has 10 heteroatoms. The molecule has 1 aliphatic heterocycles. The maximum absolute atomic E-state index is 13.2. The van der Waals surface area contributed by atoms with Crippen LogP contribution >= 0.6 is 0 Å². The molecule has 0 bridgehead atoms. The van der Waals surface area contributed by atoms with Crippen molar-refractivity contribution in [3.63, 3.8) is 0 Å². The Labute approximate surface area is 207 Å². The van der Waals surface area contributed by atoms with Crippen molar-refractivity contribution in [3.8, 4) is 11.5 Å². The quantitative estimate of drug-likeness (QED) is 0.506. The topological polar surface area (TPSA) is 105 Å². The van der Waals surface area contributed by atoms with E-state index < -0.39 is 16.1 Å². The molecular formula is C25H33N3O6S. The van der Waals surface area contributed by atoms with Crippen LogP contribution in [0.15, 0.2) is 42.5 Å². The van der Waals surface area contributed by atoms with Gasteiger partial charge in [-0.2, -0.15) is 0 Å². The monoisotopic (exact) mass is 503 g/mol. The molecule has 0 fully saturated rings. The van der Waals surface area contributed by atoms with E-state index in [-0.39, 0.29) is 44.5 Å². The number of likely N-dealkylation sites (N-methyl/N-ethyl adjacent to an activating group) is 1. The molecule has 0 saturated carbocycles. The lowest BCUT2D eigenvalue weighted by atomic mass is 10.1. The molecule has 2 aromatic carbocycles. The molecule has 2 aromatic rings. The van der Waals surface area contributed by atoms with Crippen molar-refractivity contribution in [3.05, 3.63) is 53.6 Å². The molecule has 35 heavy (non-hydrogen) atoms. The van der Waals surface area contributed by atoms with Gasteiger partial charge in [0.15, 0.2) is 11.5 Å². The third-order valence-corrected chi connectivity index (χ3v) is 6.98. The van der Waals surface area contributed by atoms with Crippen LogP contribution in [0.5, 0.6) is 11.5 Å². The average molecular weight is 504 g/mol. The molecule has 1 N–H and O–H groups in total. The van der Waals surface area contributed by atoms with E-state index in [0.717, 1.165) is 17.4 Å². The van der Waals surface area contributed by atoms with Gasteiger partial charge in [-0.05, 0) is 44.9 Å². The molecule has 190 valence electrons. The molecule has 1 atom stereocenters. The van der Waals surface area contributed by atoms with Crippen LogP contribution in [0.1, 0.15) is 37.8 Å². The maximum atomic E-state index is 13.2. The minimum absolute atomic E-state index is 0.0895. The number of fused-ring (bicyclic) bond motifs is 1. The number of rotatable bonds is 11. The number of benzene rings is 2. The minimum atomic E-state index is -3.60. The van der Waals surface area contributed by atoms with Gasteiger partial charge >= 0.3 is 0 Å². The fourth-order valence-corrected chi connectivity index (χ4v) is 4.80. The summed E-state index contributed by atoms with van der Waals surface area (Å²) in [7, 11) is -3.60. The van der Waals surface area contributed by atoms with Crippen LogP contribution in [0, 0.1) is 6.92 Å². The molecule has 0 spiro atoms. The molecule has 0 aromatic heterocycles. The number of nitrogens with zero attached hydrogens (tertiary/aromatic N) is 2. The summed E-state index contributed by atoms with van der Waals surface area (Å²) in [6.07, 6.45) is 1.50. The van der Waals surface area contributed by atoms with Gasteiger partial charge in [0.1, 0.15) is 6.04 Å². The first-order valence-electron chi connectivity index (χ1n) is 11.6. The Bertz CT molecular complexity index is 1150. The number of anilines is 1. The van der Waals surface area contributed by atoms with Crippen molar-refractivity contribution in [2.75, 3.05) is 30.4 Å². The smallest absolute Gasteiger partial charge is 0.242 e. The minimum Gasteiger partial charge on any atom is -0.454 e. The maximum Gasteiger partial charge on any atom is 0.242 e. The van der Waals surface area contributed by atoms with E-state index in [0.29, 0.717) is 23.7 Å². The van der Waals surface area contributed by atoms with E-state index >= 15 is 0 Å². The Hall–Kier alpha value is -3.27. The summed E-state index contributed by atoms with van der Waals surface area (Å²) in [5, 5.41) is 2.77. The van der Waals surface area contributed by atoms with E-state index in [9.17, 15) is 18.0 Å². The van der Waals surface area contributed by atoms with Crippen molar-refractivity contribution < 1.29 is 27.5 Å². The van der Waals surface area contributed by atoms with Gasteiger partial charge < -0.3 is 19.7 Å². The van der Waals surface area contributed by atoms with Crippen molar-refractivity contribution in [2.45, 2.75) is 46.2 Å². The number of carbonyl (C=O) groups excluding carboxylic acids is 2. The fourth-order valence-electron chi connectivity index (χ4n) is 3.84. The Kier molecular flexibility index (Phi) is 8.61. The molecular weight excluding hydrogens is 470 g/mol. The van der Waals surface area contributed by atoms with Gasteiger partial charge in [0.05, 0.1) is 11.9 Å². The van der Waals surface area contributed by atoms with Crippen LogP contribution < -0.4 is 19.1 Å². The number of aryl methyl sites for hydroxylation is 1. The number of amides is 2. The Balaban J connectivity index is 1.71. The first-order chi connectivity index (χ1) is 16.6. The number of hydrogen-bond donors (Lipinski definition) is 1. The molecule has 3 rings (SSSR count). The van der Waals surface area contributed by atoms with Gasteiger partial charge in [-0.1, -0.05) is 29.8 Å². The molecule has 0 saturated heterocycles. The third kappa shape index (κ3) is 6.88. The summed E-state index contributed by atoms with van der Waals surface area (Å²) in [5.74, 6) is 0.588. The largest absolute Gasteiger partial charge is 0.454 e. The Morgan fingerprint density at radius 2 is 1.77 bits per heavy atom. The average Bonchev–Trinajstić information content (AvgIpc) is 3.28. The predicted molar refractivity (Wildman–Crippen MR) is 134 cm³/mol. The molecule has 0 radical (unpaired) electrons. The number of nitrogens with one attached hydrogen (secondary N) is 1. The highest BCUT2D eigenvalue weighted by atomic mass is 32.2. The lowest BCUT2D eigenvalue weighted by Crippen LogP contribution is -2.47. The summed E-state index contributed by atoms with van der Waals surface area (Å²) >= 11 is 0. The zero-order chi connectivity index (χ0) is 25.6. The second kappa shape index (κ2) is 11.4. The molecule has 9 nitrogen and oxygen atoms in total.